The largest absolute Gasteiger partial charge is 0.398 e. The Morgan fingerprint density at radius 3 is 2.11 bits per heavy atom. The molecule has 1 saturated carbocycles. The molecule has 0 heterocycles. The van der Waals surface area contributed by atoms with Crippen LogP contribution in [0, 0.1) is 24.7 Å². The average Bonchev–Trinajstić information content (AvgIpc) is 2.66. The smallest absolute Gasteiger partial charge is 0.251 e. The normalized spacial score (nSPS) is 20.1. The van der Waals surface area contributed by atoms with Gasteiger partial charge in [-0.15, -0.1) is 0 Å². The van der Waals surface area contributed by atoms with Crippen LogP contribution in [-0.4, -0.2) is 11.9 Å². The summed E-state index contributed by atoms with van der Waals surface area (Å²) in [6.07, 6.45) is 0. The van der Waals surface area contributed by atoms with Crippen LogP contribution in [0.1, 0.15) is 49.2 Å². The van der Waals surface area contributed by atoms with E-state index in [1.165, 1.54) is 0 Å². The van der Waals surface area contributed by atoms with Crippen LogP contribution < -0.4 is 11.1 Å². The van der Waals surface area contributed by atoms with Gasteiger partial charge in [0, 0.05) is 17.3 Å². The number of rotatable bonds is 2. The van der Waals surface area contributed by atoms with E-state index >= 15 is 0 Å². The van der Waals surface area contributed by atoms with E-state index in [9.17, 15) is 4.79 Å². The standard InChI is InChI=1S/C16H24N2O/c1-9-7-10(2)12(17)8-11(9)13(19)18-14-15(3,4)16(14,5)6/h7-8,14H,17H2,1-6H3,(H,18,19). The van der Waals surface area contributed by atoms with Crippen LogP contribution in [0.4, 0.5) is 5.69 Å². The first-order chi connectivity index (χ1) is 8.59. The molecule has 0 unspecified atom stereocenters. The van der Waals surface area contributed by atoms with Gasteiger partial charge in [-0.05, 0) is 41.9 Å². The van der Waals surface area contributed by atoms with Crippen molar-refractivity contribution >= 4 is 11.6 Å². The second-order valence-electron chi connectivity index (χ2n) is 6.87. The predicted molar refractivity (Wildman–Crippen MR) is 79.1 cm³/mol. The molecular formula is C16H24N2O. The van der Waals surface area contributed by atoms with Crippen molar-refractivity contribution < 1.29 is 4.79 Å². The number of benzene rings is 1. The van der Waals surface area contributed by atoms with Crippen LogP contribution in [0.5, 0.6) is 0 Å². The molecule has 1 amide bonds. The highest BCUT2D eigenvalue weighted by molar-refractivity contribution is 5.97. The molecule has 3 N–H and O–H groups in total. The van der Waals surface area contributed by atoms with E-state index in [0.717, 1.165) is 11.1 Å². The summed E-state index contributed by atoms with van der Waals surface area (Å²) >= 11 is 0. The second kappa shape index (κ2) is 3.99. The number of hydrogen-bond acceptors (Lipinski definition) is 2. The fourth-order valence-corrected chi connectivity index (χ4v) is 2.88. The van der Waals surface area contributed by atoms with Gasteiger partial charge in [0.15, 0.2) is 0 Å². The molecule has 104 valence electrons. The van der Waals surface area contributed by atoms with Crippen LogP contribution in [0.25, 0.3) is 0 Å². The molecule has 2 rings (SSSR count). The minimum absolute atomic E-state index is 0.0205. The van der Waals surface area contributed by atoms with E-state index in [-0.39, 0.29) is 22.8 Å². The van der Waals surface area contributed by atoms with Crippen molar-refractivity contribution in [1.29, 1.82) is 0 Å². The lowest BCUT2D eigenvalue weighted by Crippen LogP contribution is -2.30. The number of aryl methyl sites for hydroxylation is 2. The molecule has 1 aromatic carbocycles. The number of amides is 1. The van der Waals surface area contributed by atoms with Gasteiger partial charge in [0.05, 0.1) is 0 Å². The van der Waals surface area contributed by atoms with Crippen LogP contribution >= 0.6 is 0 Å². The topological polar surface area (TPSA) is 55.1 Å². The summed E-state index contributed by atoms with van der Waals surface area (Å²) in [7, 11) is 0. The van der Waals surface area contributed by atoms with Gasteiger partial charge >= 0.3 is 0 Å². The molecule has 0 saturated heterocycles. The zero-order valence-electron chi connectivity index (χ0n) is 12.7. The van der Waals surface area contributed by atoms with Crippen molar-refractivity contribution in [3.05, 3.63) is 28.8 Å². The third-order valence-corrected chi connectivity index (χ3v) is 5.15. The number of hydrogen-bond donors (Lipinski definition) is 2. The van der Waals surface area contributed by atoms with E-state index in [0.29, 0.717) is 11.3 Å². The number of nitrogen functional groups attached to an aromatic ring is 1. The van der Waals surface area contributed by atoms with E-state index in [1.54, 1.807) is 6.07 Å². The Hall–Kier alpha value is -1.51. The quantitative estimate of drug-likeness (QED) is 0.803. The Balaban J connectivity index is 2.21. The van der Waals surface area contributed by atoms with Crippen molar-refractivity contribution in [2.75, 3.05) is 5.73 Å². The highest BCUT2D eigenvalue weighted by atomic mass is 16.1. The van der Waals surface area contributed by atoms with Crippen LogP contribution in [0.15, 0.2) is 12.1 Å². The number of nitrogens with two attached hydrogens (primary N) is 1. The molecule has 1 aliphatic rings. The molecule has 3 nitrogen and oxygen atoms in total. The predicted octanol–water partition coefficient (Wildman–Crippen LogP) is 3.05. The molecule has 0 atom stereocenters. The summed E-state index contributed by atoms with van der Waals surface area (Å²) < 4.78 is 0. The van der Waals surface area contributed by atoms with Gasteiger partial charge < -0.3 is 11.1 Å². The third kappa shape index (κ3) is 2.01. The number of carbonyl (C=O) groups is 1. The lowest BCUT2D eigenvalue weighted by molar-refractivity contribution is 0.0943. The second-order valence-corrected chi connectivity index (χ2v) is 6.87. The Morgan fingerprint density at radius 2 is 1.63 bits per heavy atom. The summed E-state index contributed by atoms with van der Waals surface area (Å²) in [4.78, 5) is 12.4. The fraction of sp³-hybridized carbons (Fsp3) is 0.562. The van der Waals surface area contributed by atoms with Crippen LogP contribution in [0.2, 0.25) is 0 Å². The van der Waals surface area contributed by atoms with E-state index in [2.05, 4.69) is 33.0 Å². The van der Waals surface area contributed by atoms with E-state index in [4.69, 9.17) is 5.73 Å². The maximum Gasteiger partial charge on any atom is 0.251 e. The molecule has 0 spiro atoms. The molecule has 0 radical (unpaired) electrons. The fourth-order valence-electron chi connectivity index (χ4n) is 2.88. The Kier molecular flexibility index (Phi) is 2.92. The van der Waals surface area contributed by atoms with E-state index < -0.39 is 0 Å². The highest BCUT2D eigenvalue weighted by Crippen LogP contribution is 2.62. The van der Waals surface area contributed by atoms with Gasteiger partial charge in [0.25, 0.3) is 5.91 Å². The third-order valence-electron chi connectivity index (χ3n) is 5.15. The monoisotopic (exact) mass is 260 g/mol. The van der Waals surface area contributed by atoms with Crippen LogP contribution in [-0.2, 0) is 0 Å². The Bertz CT molecular complexity index is 530. The van der Waals surface area contributed by atoms with Crippen molar-refractivity contribution in [3.8, 4) is 0 Å². The lowest BCUT2D eigenvalue weighted by atomic mass is 10.0. The van der Waals surface area contributed by atoms with Gasteiger partial charge in [-0.1, -0.05) is 33.8 Å². The summed E-state index contributed by atoms with van der Waals surface area (Å²) in [6.45, 7) is 12.7. The minimum Gasteiger partial charge on any atom is -0.398 e. The van der Waals surface area contributed by atoms with Gasteiger partial charge in [0.1, 0.15) is 0 Å². The maximum atomic E-state index is 12.4. The minimum atomic E-state index is -0.0205. The lowest BCUT2D eigenvalue weighted by Gasteiger charge is -2.11. The zero-order chi connectivity index (χ0) is 14.6. The summed E-state index contributed by atoms with van der Waals surface area (Å²) in [6, 6.07) is 3.96. The first-order valence-electron chi connectivity index (χ1n) is 6.76. The molecule has 19 heavy (non-hydrogen) atoms. The van der Waals surface area contributed by atoms with Gasteiger partial charge in [0.2, 0.25) is 0 Å². The Morgan fingerprint density at radius 1 is 1.11 bits per heavy atom. The number of anilines is 1. The van der Waals surface area contributed by atoms with Crippen molar-refractivity contribution in [1.82, 2.24) is 5.32 Å². The van der Waals surface area contributed by atoms with E-state index in [1.807, 2.05) is 19.9 Å². The van der Waals surface area contributed by atoms with Crippen LogP contribution in [0.3, 0.4) is 0 Å². The molecule has 0 aromatic heterocycles. The molecule has 0 bridgehead atoms. The molecule has 0 aliphatic heterocycles. The zero-order valence-corrected chi connectivity index (χ0v) is 12.7. The highest BCUT2D eigenvalue weighted by Gasteiger charge is 2.65. The van der Waals surface area contributed by atoms with Crippen molar-refractivity contribution in [2.24, 2.45) is 10.8 Å². The summed E-state index contributed by atoms with van der Waals surface area (Å²) in [5.74, 6) is -0.0205. The molecule has 1 aromatic rings. The number of nitrogens with one attached hydrogen (secondary N) is 1. The molecule has 3 heteroatoms. The van der Waals surface area contributed by atoms with Gasteiger partial charge in [-0.3, -0.25) is 4.79 Å². The molecule has 1 fully saturated rings. The van der Waals surface area contributed by atoms with Gasteiger partial charge in [-0.2, -0.15) is 0 Å². The van der Waals surface area contributed by atoms with Crippen molar-refractivity contribution in [2.45, 2.75) is 47.6 Å². The first kappa shape index (κ1) is 13.9. The molecule has 1 aliphatic carbocycles. The van der Waals surface area contributed by atoms with Gasteiger partial charge in [-0.25, -0.2) is 0 Å². The van der Waals surface area contributed by atoms with Crippen molar-refractivity contribution in [3.63, 3.8) is 0 Å². The average molecular weight is 260 g/mol. The Labute approximate surface area is 115 Å². The SMILES string of the molecule is Cc1cc(C)c(C(=O)NC2C(C)(C)C2(C)C)cc1N. The molecular weight excluding hydrogens is 236 g/mol. The maximum absolute atomic E-state index is 12.4. The summed E-state index contributed by atoms with van der Waals surface area (Å²) in [5, 5.41) is 3.14. The first-order valence-corrected chi connectivity index (χ1v) is 6.76. The number of carbonyl (C=O) groups excluding carboxylic acids is 1. The summed E-state index contributed by atoms with van der Waals surface area (Å²) in [5.41, 5.74) is 9.53.